The predicted molar refractivity (Wildman–Crippen MR) is 82.9 cm³/mol. The number of carbonyl (C=O) groups is 1. The molecular weight excluding hydrogens is 248 g/mol. The molecule has 1 amide bonds. The number of carbonyl (C=O) groups excluding carboxylic acids is 1. The lowest BCUT2D eigenvalue weighted by Gasteiger charge is -2.32. The second kappa shape index (κ2) is 5.96. The van der Waals surface area contributed by atoms with Crippen molar-refractivity contribution in [2.45, 2.75) is 58.0 Å². The van der Waals surface area contributed by atoms with Gasteiger partial charge in [-0.1, -0.05) is 31.2 Å². The van der Waals surface area contributed by atoms with Gasteiger partial charge in [0.1, 0.15) is 0 Å². The van der Waals surface area contributed by atoms with Crippen molar-refractivity contribution in [1.82, 2.24) is 10.6 Å². The van der Waals surface area contributed by atoms with Crippen LogP contribution in [0, 0.1) is 0 Å². The second-order valence-corrected chi connectivity index (χ2v) is 6.46. The summed E-state index contributed by atoms with van der Waals surface area (Å²) in [6, 6.07) is 8.41. The zero-order chi connectivity index (χ0) is 14.8. The Kier molecular flexibility index (Phi) is 4.48. The molecule has 2 atom stereocenters. The summed E-state index contributed by atoms with van der Waals surface area (Å²) in [6.07, 6.45) is 2.05. The van der Waals surface area contributed by atoms with Gasteiger partial charge in [-0.25, -0.2) is 0 Å². The number of rotatable bonds is 6. The van der Waals surface area contributed by atoms with Crippen LogP contribution in [0.1, 0.15) is 51.2 Å². The Morgan fingerprint density at radius 1 is 1.40 bits per heavy atom. The molecule has 1 aromatic carbocycles. The molecule has 1 aliphatic rings. The lowest BCUT2D eigenvalue weighted by Crippen LogP contribution is -2.51. The average molecular weight is 274 g/mol. The zero-order valence-electron chi connectivity index (χ0n) is 13.0. The standard InChI is InChI=1S/C17H26N2O/c1-5-17(3,4)19-16(20)12(2)18-11-14-10-13-8-6-7-9-15(13)14/h6-9,12,14,18H,5,10-11H2,1-4H3,(H,19,20). The van der Waals surface area contributed by atoms with Crippen molar-refractivity contribution in [3.05, 3.63) is 35.4 Å². The molecular formula is C17H26N2O. The van der Waals surface area contributed by atoms with Gasteiger partial charge in [-0.2, -0.15) is 0 Å². The second-order valence-electron chi connectivity index (χ2n) is 6.46. The van der Waals surface area contributed by atoms with Crippen molar-refractivity contribution < 1.29 is 4.79 Å². The number of benzene rings is 1. The molecule has 0 saturated heterocycles. The fraction of sp³-hybridized carbons (Fsp3) is 0.588. The van der Waals surface area contributed by atoms with Crippen molar-refractivity contribution >= 4 is 5.91 Å². The van der Waals surface area contributed by atoms with Crippen LogP contribution < -0.4 is 10.6 Å². The van der Waals surface area contributed by atoms with E-state index in [9.17, 15) is 4.79 Å². The van der Waals surface area contributed by atoms with Crippen molar-refractivity contribution in [3.63, 3.8) is 0 Å². The Morgan fingerprint density at radius 2 is 2.10 bits per heavy atom. The highest BCUT2D eigenvalue weighted by Gasteiger charge is 2.27. The summed E-state index contributed by atoms with van der Waals surface area (Å²) in [5, 5.41) is 6.44. The van der Waals surface area contributed by atoms with E-state index in [0.29, 0.717) is 5.92 Å². The number of nitrogens with one attached hydrogen (secondary N) is 2. The molecule has 3 nitrogen and oxygen atoms in total. The molecule has 20 heavy (non-hydrogen) atoms. The first kappa shape index (κ1) is 15.0. The summed E-state index contributed by atoms with van der Waals surface area (Å²) in [6.45, 7) is 9.01. The van der Waals surface area contributed by atoms with E-state index in [-0.39, 0.29) is 17.5 Å². The third kappa shape index (κ3) is 3.40. The van der Waals surface area contributed by atoms with E-state index in [1.165, 1.54) is 11.1 Å². The normalized spacial score (nSPS) is 18.9. The molecule has 0 spiro atoms. The number of fused-ring (bicyclic) bond motifs is 1. The van der Waals surface area contributed by atoms with Crippen molar-refractivity contribution in [2.24, 2.45) is 0 Å². The van der Waals surface area contributed by atoms with Gasteiger partial charge in [0.25, 0.3) is 0 Å². The predicted octanol–water partition coefficient (Wildman–Crippen LogP) is 2.61. The molecule has 0 bridgehead atoms. The van der Waals surface area contributed by atoms with Gasteiger partial charge in [-0.3, -0.25) is 4.79 Å². The molecule has 0 aliphatic heterocycles. The van der Waals surface area contributed by atoms with Crippen LogP contribution in [0.3, 0.4) is 0 Å². The van der Waals surface area contributed by atoms with Crippen molar-refractivity contribution in [3.8, 4) is 0 Å². The van der Waals surface area contributed by atoms with Crippen LogP contribution >= 0.6 is 0 Å². The van der Waals surface area contributed by atoms with Gasteiger partial charge in [0.2, 0.25) is 5.91 Å². The molecule has 110 valence electrons. The van der Waals surface area contributed by atoms with E-state index in [4.69, 9.17) is 0 Å². The van der Waals surface area contributed by atoms with Crippen LogP contribution in [-0.2, 0) is 11.2 Å². The van der Waals surface area contributed by atoms with E-state index >= 15 is 0 Å². The quantitative estimate of drug-likeness (QED) is 0.837. The molecule has 0 fully saturated rings. The third-order valence-electron chi connectivity index (χ3n) is 4.37. The maximum Gasteiger partial charge on any atom is 0.237 e. The fourth-order valence-corrected chi connectivity index (χ4v) is 2.49. The van der Waals surface area contributed by atoms with Crippen LogP contribution in [0.25, 0.3) is 0 Å². The lowest BCUT2D eigenvalue weighted by molar-refractivity contribution is -0.124. The smallest absolute Gasteiger partial charge is 0.237 e. The third-order valence-corrected chi connectivity index (χ3v) is 4.37. The van der Waals surface area contributed by atoms with Gasteiger partial charge in [0.05, 0.1) is 6.04 Å². The number of amides is 1. The van der Waals surface area contributed by atoms with Gasteiger partial charge in [-0.15, -0.1) is 0 Å². The zero-order valence-corrected chi connectivity index (χ0v) is 13.0. The summed E-state index contributed by atoms with van der Waals surface area (Å²) in [5.74, 6) is 0.644. The highest BCUT2D eigenvalue weighted by molar-refractivity contribution is 5.81. The van der Waals surface area contributed by atoms with E-state index in [2.05, 4.69) is 55.7 Å². The molecule has 3 heteroatoms. The van der Waals surface area contributed by atoms with Gasteiger partial charge in [0, 0.05) is 18.0 Å². The summed E-state index contributed by atoms with van der Waals surface area (Å²) < 4.78 is 0. The molecule has 1 aliphatic carbocycles. The Morgan fingerprint density at radius 3 is 2.75 bits per heavy atom. The van der Waals surface area contributed by atoms with Gasteiger partial charge in [-0.05, 0) is 44.7 Å². The van der Waals surface area contributed by atoms with E-state index in [1.807, 2.05) is 6.92 Å². The van der Waals surface area contributed by atoms with Gasteiger partial charge >= 0.3 is 0 Å². The summed E-state index contributed by atoms with van der Waals surface area (Å²) in [5.41, 5.74) is 2.75. The highest BCUT2D eigenvalue weighted by Crippen LogP contribution is 2.34. The fourth-order valence-electron chi connectivity index (χ4n) is 2.49. The molecule has 2 N–H and O–H groups in total. The van der Waals surface area contributed by atoms with Crippen molar-refractivity contribution in [1.29, 1.82) is 0 Å². The number of hydrogen-bond donors (Lipinski definition) is 2. The molecule has 2 rings (SSSR count). The van der Waals surface area contributed by atoms with Crippen LogP contribution in [-0.4, -0.2) is 24.0 Å². The lowest BCUT2D eigenvalue weighted by atomic mass is 9.77. The maximum absolute atomic E-state index is 12.1. The van der Waals surface area contributed by atoms with E-state index in [0.717, 1.165) is 19.4 Å². The Labute approximate surface area is 122 Å². The molecule has 0 heterocycles. The first-order chi connectivity index (χ1) is 9.43. The molecule has 1 aromatic rings. The summed E-state index contributed by atoms with van der Waals surface area (Å²) in [7, 11) is 0. The molecule has 0 radical (unpaired) electrons. The van der Waals surface area contributed by atoms with Gasteiger partial charge < -0.3 is 10.6 Å². The minimum absolute atomic E-state index is 0.0875. The molecule has 2 unspecified atom stereocenters. The van der Waals surface area contributed by atoms with Crippen LogP contribution in [0.15, 0.2) is 24.3 Å². The SMILES string of the molecule is CCC(C)(C)NC(=O)C(C)NCC1Cc2ccccc21. The summed E-state index contributed by atoms with van der Waals surface area (Å²) in [4.78, 5) is 12.1. The van der Waals surface area contributed by atoms with E-state index in [1.54, 1.807) is 0 Å². The summed E-state index contributed by atoms with van der Waals surface area (Å²) >= 11 is 0. The van der Waals surface area contributed by atoms with Crippen LogP contribution in [0.5, 0.6) is 0 Å². The maximum atomic E-state index is 12.1. The van der Waals surface area contributed by atoms with Gasteiger partial charge in [0.15, 0.2) is 0 Å². The Balaban J connectivity index is 1.79. The molecule has 0 aromatic heterocycles. The molecule has 0 saturated carbocycles. The van der Waals surface area contributed by atoms with Crippen molar-refractivity contribution in [2.75, 3.05) is 6.54 Å². The Hall–Kier alpha value is -1.35. The highest BCUT2D eigenvalue weighted by atomic mass is 16.2. The largest absolute Gasteiger partial charge is 0.350 e. The minimum Gasteiger partial charge on any atom is -0.350 e. The minimum atomic E-state index is -0.145. The average Bonchev–Trinajstić information content (AvgIpc) is 2.39. The topological polar surface area (TPSA) is 41.1 Å². The van der Waals surface area contributed by atoms with E-state index < -0.39 is 0 Å². The van der Waals surface area contributed by atoms with Crippen LogP contribution in [0.4, 0.5) is 0 Å². The van der Waals surface area contributed by atoms with Crippen LogP contribution in [0.2, 0.25) is 0 Å². The first-order valence-corrected chi connectivity index (χ1v) is 7.56. The first-order valence-electron chi connectivity index (χ1n) is 7.56. The number of hydrogen-bond acceptors (Lipinski definition) is 2. The monoisotopic (exact) mass is 274 g/mol. The Bertz CT molecular complexity index is 482.